The van der Waals surface area contributed by atoms with Crippen LogP contribution in [0.4, 0.5) is 10.5 Å². The van der Waals surface area contributed by atoms with Crippen LogP contribution in [0.2, 0.25) is 0 Å². The molecule has 0 atom stereocenters. The molecule has 9 nitrogen and oxygen atoms in total. The van der Waals surface area contributed by atoms with Crippen molar-refractivity contribution in [1.82, 2.24) is 10.2 Å². The van der Waals surface area contributed by atoms with Crippen LogP contribution in [0.25, 0.3) is 0 Å². The predicted octanol–water partition coefficient (Wildman–Crippen LogP) is 2.17. The van der Waals surface area contributed by atoms with E-state index in [0.717, 1.165) is 0 Å². The summed E-state index contributed by atoms with van der Waals surface area (Å²) in [6.07, 6.45) is 0.509. The van der Waals surface area contributed by atoms with E-state index in [1.165, 1.54) is 13.1 Å². The van der Waals surface area contributed by atoms with E-state index in [1.807, 2.05) is 0 Å². The van der Waals surface area contributed by atoms with Crippen LogP contribution in [0.15, 0.2) is 24.3 Å². The lowest BCUT2D eigenvalue weighted by Gasteiger charge is -2.32. The number of esters is 1. The van der Waals surface area contributed by atoms with E-state index in [1.54, 1.807) is 43.9 Å². The average Bonchev–Trinajstić information content (AvgIpc) is 2.70. The number of nitrogens with zero attached hydrogens (tertiary/aromatic N) is 1. The fraction of sp³-hybridized carbons (Fsp3) is 0.524. The van der Waals surface area contributed by atoms with Gasteiger partial charge in [-0.2, -0.15) is 0 Å². The van der Waals surface area contributed by atoms with Gasteiger partial charge in [-0.1, -0.05) is 6.07 Å². The Morgan fingerprint density at radius 2 is 1.80 bits per heavy atom. The smallest absolute Gasteiger partial charge is 0.410 e. The van der Waals surface area contributed by atoms with Gasteiger partial charge < -0.3 is 25.0 Å². The van der Waals surface area contributed by atoms with Crippen LogP contribution in [0.5, 0.6) is 0 Å². The second-order valence-electron chi connectivity index (χ2n) is 8.06. The lowest BCUT2D eigenvalue weighted by molar-refractivity contribution is -0.153. The van der Waals surface area contributed by atoms with Gasteiger partial charge in [0.25, 0.3) is 11.8 Å². The highest BCUT2D eigenvalue weighted by atomic mass is 16.6. The number of nitrogens with one attached hydrogen (secondary N) is 2. The predicted molar refractivity (Wildman–Crippen MR) is 110 cm³/mol. The van der Waals surface area contributed by atoms with Gasteiger partial charge in [-0.3, -0.25) is 14.4 Å². The normalized spacial score (nSPS) is 14.6. The van der Waals surface area contributed by atoms with Crippen molar-refractivity contribution in [2.75, 3.05) is 32.1 Å². The number of carbonyl (C=O) groups is 4. The van der Waals surface area contributed by atoms with Gasteiger partial charge in [0.05, 0.1) is 5.92 Å². The third-order valence-corrected chi connectivity index (χ3v) is 4.46. The van der Waals surface area contributed by atoms with Crippen molar-refractivity contribution in [3.05, 3.63) is 29.8 Å². The van der Waals surface area contributed by atoms with Crippen LogP contribution in [-0.2, 0) is 19.1 Å². The lowest BCUT2D eigenvalue weighted by atomic mass is 9.97. The largest absolute Gasteiger partial charge is 0.455 e. The van der Waals surface area contributed by atoms with Crippen LogP contribution < -0.4 is 10.6 Å². The van der Waals surface area contributed by atoms with Gasteiger partial charge in [0.2, 0.25) is 0 Å². The van der Waals surface area contributed by atoms with Crippen molar-refractivity contribution in [3.8, 4) is 0 Å². The molecule has 0 bridgehead atoms. The molecule has 3 amide bonds. The van der Waals surface area contributed by atoms with Crippen molar-refractivity contribution in [2.45, 2.75) is 39.2 Å². The Morgan fingerprint density at radius 1 is 1.13 bits per heavy atom. The molecule has 9 heteroatoms. The van der Waals surface area contributed by atoms with Crippen molar-refractivity contribution < 1.29 is 28.7 Å². The number of hydrogen-bond acceptors (Lipinski definition) is 6. The van der Waals surface area contributed by atoms with Gasteiger partial charge in [0.15, 0.2) is 6.61 Å². The zero-order valence-corrected chi connectivity index (χ0v) is 17.8. The maximum atomic E-state index is 12.3. The summed E-state index contributed by atoms with van der Waals surface area (Å²) in [5, 5.41) is 5.10. The third-order valence-electron chi connectivity index (χ3n) is 4.46. The molecule has 0 spiro atoms. The summed E-state index contributed by atoms with van der Waals surface area (Å²) in [5.74, 6) is -1.60. The molecule has 0 saturated carbocycles. The molecule has 0 aromatic heterocycles. The lowest BCUT2D eigenvalue weighted by Crippen LogP contribution is -2.43. The highest BCUT2D eigenvalue weighted by molar-refractivity contribution is 5.97. The van der Waals surface area contributed by atoms with E-state index < -0.39 is 30.2 Å². The van der Waals surface area contributed by atoms with Crippen LogP contribution in [0.3, 0.4) is 0 Å². The van der Waals surface area contributed by atoms with E-state index in [-0.39, 0.29) is 11.8 Å². The van der Waals surface area contributed by atoms with Gasteiger partial charge in [-0.15, -0.1) is 0 Å². The number of anilines is 1. The second kappa shape index (κ2) is 10.1. The molecule has 30 heavy (non-hydrogen) atoms. The number of carbonyl (C=O) groups excluding carboxylic acids is 4. The SMILES string of the molecule is CNC(=O)c1cccc(NC(=O)COC(=O)C2CCN(C(=O)OC(C)(C)C)CC2)c1. The van der Waals surface area contributed by atoms with Gasteiger partial charge in [0, 0.05) is 31.4 Å². The molecule has 1 aromatic carbocycles. The van der Waals surface area contributed by atoms with Crippen LogP contribution in [-0.4, -0.2) is 61.1 Å². The minimum atomic E-state index is -0.569. The summed E-state index contributed by atoms with van der Waals surface area (Å²) in [7, 11) is 1.52. The quantitative estimate of drug-likeness (QED) is 0.707. The Kier molecular flexibility index (Phi) is 7.79. The molecule has 164 valence electrons. The molecule has 1 aliphatic heterocycles. The summed E-state index contributed by atoms with van der Waals surface area (Å²) in [4.78, 5) is 49.6. The minimum Gasteiger partial charge on any atom is -0.455 e. The Hall–Kier alpha value is -3.10. The van der Waals surface area contributed by atoms with E-state index in [9.17, 15) is 19.2 Å². The number of rotatable bonds is 5. The molecule has 2 rings (SSSR count). The summed E-state index contributed by atoms with van der Waals surface area (Å²) in [5.41, 5.74) is 0.270. The van der Waals surface area contributed by atoms with Crippen LogP contribution in [0.1, 0.15) is 44.0 Å². The zero-order chi connectivity index (χ0) is 22.3. The van der Waals surface area contributed by atoms with Gasteiger partial charge in [0.1, 0.15) is 5.60 Å². The summed E-state index contributed by atoms with van der Waals surface area (Å²) in [6.45, 7) is 5.77. The Balaban J connectivity index is 1.76. The molecule has 0 unspecified atom stereocenters. The first-order valence-electron chi connectivity index (χ1n) is 9.85. The Labute approximate surface area is 176 Å². The zero-order valence-electron chi connectivity index (χ0n) is 17.8. The third kappa shape index (κ3) is 7.06. The van der Waals surface area contributed by atoms with Crippen molar-refractivity contribution >= 4 is 29.6 Å². The molecule has 0 radical (unpaired) electrons. The molecule has 2 N–H and O–H groups in total. The molecular formula is C21H29N3O6. The monoisotopic (exact) mass is 419 g/mol. The highest BCUT2D eigenvalue weighted by Crippen LogP contribution is 2.21. The first-order chi connectivity index (χ1) is 14.1. The van der Waals surface area contributed by atoms with E-state index >= 15 is 0 Å². The fourth-order valence-corrected chi connectivity index (χ4v) is 2.96. The van der Waals surface area contributed by atoms with Crippen molar-refractivity contribution in [1.29, 1.82) is 0 Å². The van der Waals surface area contributed by atoms with Crippen molar-refractivity contribution in [3.63, 3.8) is 0 Å². The average molecular weight is 419 g/mol. The summed E-state index contributed by atoms with van der Waals surface area (Å²) >= 11 is 0. The Bertz CT molecular complexity index is 794. The molecule has 0 aliphatic carbocycles. The summed E-state index contributed by atoms with van der Waals surface area (Å²) < 4.78 is 10.5. The van der Waals surface area contributed by atoms with Crippen LogP contribution in [0, 0.1) is 5.92 Å². The van der Waals surface area contributed by atoms with Gasteiger partial charge in [-0.05, 0) is 51.8 Å². The molecule has 1 aliphatic rings. The molecule has 1 saturated heterocycles. The summed E-state index contributed by atoms with van der Waals surface area (Å²) in [6, 6.07) is 6.44. The van der Waals surface area contributed by atoms with E-state index in [2.05, 4.69) is 10.6 Å². The number of likely N-dealkylation sites (tertiary alicyclic amines) is 1. The molecule has 1 fully saturated rings. The molecule has 1 aromatic rings. The number of ether oxygens (including phenoxy) is 2. The number of benzene rings is 1. The van der Waals surface area contributed by atoms with Gasteiger partial charge in [-0.25, -0.2) is 4.79 Å². The first kappa shape index (κ1) is 23.2. The first-order valence-corrected chi connectivity index (χ1v) is 9.85. The van der Waals surface area contributed by atoms with Crippen LogP contribution >= 0.6 is 0 Å². The van der Waals surface area contributed by atoms with E-state index in [0.29, 0.717) is 37.2 Å². The Morgan fingerprint density at radius 3 is 2.40 bits per heavy atom. The maximum absolute atomic E-state index is 12.3. The number of amides is 3. The van der Waals surface area contributed by atoms with E-state index in [4.69, 9.17) is 9.47 Å². The molecular weight excluding hydrogens is 390 g/mol. The highest BCUT2D eigenvalue weighted by Gasteiger charge is 2.30. The number of hydrogen-bond donors (Lipinski definition) is 2. The maximum Gasteiger partial charge on any atom is 0.410 e. The topological polar surface area (TPSA) is 114 Å². The van der Waals surface area contributed by atoms with Crippen molar-refractivity contribution in [2.24, 2.45) is 5.92 Å². The number of piperidine rings is 1. The second-order valence-corrected chi connectivity index (χ2v) is 8.06. The molecule has 1 heterocycles. The fourth-order valence-electron chi connectivity index (χ4n) is 2.96. The van der Waals surface area contributed by atoms with Gasteiger partial charge >= 0.3 is 12.1 Å². The standard InChI is InChI=1S/C21H29N3O6/c1-21(2,3)30-20(28)24-10-8-14(9-11-24)19(27)29-13-17(25)23-16-7-5-6-15(12-16)18(26)22-4/h5-7,12,14H,8-11,13H2,1-4H3,(H,22,26)(H,23,25). The minimum absolute atomic E-state index is 0.268.